The number of anilines is 1. The molecule has 0 saturated heterocycles. The van der Waals surface area contributed by atoms with Crippen molar-refractivity contribution < 1.29 is 4.42 Å². The molecule has 98 valence electrons. The largest absolute Gasteiger partial charge is 0.467 e. The van der Waals surface area contributed by atoms with E-state index in [1.165, 1.54) is 0 Å². The fraction of sp³-hybridized carbons (Fsp3) is 0.308. The van der Waals surface area contributed by atoms with E-state index < -0.39 is 0 Å². The van der Waals surface area contributed by atoms with Crippen molar-refractivity contribution in [1.29, 1.82) is 0 Å². The Balaban J connectivity index is 1.94. The number of aromatic nitrogens is 2. The highest BCUT2D eigenvalue weighted by Crippen LogP contribution is 2.33. The van der Waals surface area contributed by atoms with Gasteiger partial charge in [0.25, 0.3) is 0 Å². The first-order valence-corrected chi connectivity index (χ1v) is 6.57. The molecular weight excluding hydrogens is 260 g/mol. The van der Waals surface area contributed by atoms with Gasteiger partial charge in [0.2, 0.25) is 0 Å². The summed E-state index contributed by atoms with van der Waals surface area (Å²) in [6.45, 7) is 0.659. The van der Waals surface area contributed by atoms with Gasteiger partial charge in [0.1, 0.15) is 10.7 Å². The second-order valence-corrected chi connectivity index (χ2v) is 5.01. The van der Waals surface area contributed by atoms with E-state index in [1.54, 1.807) is 12.5 Å². The van der Waals surface area contributed by atoms with Crippen molar-refractivity contribution in [3.05, 3.63) is 42.0 Å². The molecule has 1 saturated carbocycles. The maximum atomic E-state index is 5.76. The summed E-state index contributed by atoms with van der Waals surface area (Å²) in [7, 11) is 0. The molecule has 2 aromatic rings. The van der Waals surface area contributed by atoms with E-state index in [9.17, 15) is 0 Å². The minimum Gasteiger partial charge on any atom is -0.467 e. The summed E-state index contributed by atoms with van der Waals surface area (Å²) < 4.78 is 5.41. The van der Waals surface area contributed by atoms with Gasteiger partial charge in [-0.2, -0.15) is 5.10 Å². The third-order valence-electron chi connectivity index (χ3n) is 3.13. The first kappa shape index (κ1) is 12.1. The summed E-state index contributed by atoms with van der Waals surface area (Å²) in [4.78, 5) is 2.51. The fourth-order valence-electron chi connectivity index (χ4n) is 2.06. The van der Waals surface area contributed by atoms with Gasteiger partial charge in [-0.25, -0.2) is 0 Å². The fourth-order valence-corrected chi connectivity index (χ4v) is 2.22. The first-order chi connectivity index (χ1) is 9.25. The van der Waals surface area contributed by atoms with Gasteiger partial charge in [-0.15, -0.1) is 5.10 Å². The molecular formula is C13H14N4OS. The zero-order valence-electron chi connectivity index (χ0n) is 10.3. The molecule has 6 heteroatoms. The molecule has 0 amide bonds. The molecule has 1 aliphatic carbocycles. The van der Waals surface area contributed by atoms with Gasteiger partial charge in [-0.1, -0.05) is 12.2 Å². The van der Waals surface area contributed by atoms with Crippen LogP contribution in [0.5, 0.6) is 0 Å². The Morgan fingerprint density at radius 2 is 2.32 bits per heavy atom. The van der Waals surface area contributed by atoms with E-state index in [0.29, 0.717) is 17.6 Å². The lowest BCUT2D eigenvalue weighted by molar-refractivity contribution is 0.499. The average molecular weight is 274 g/mol. The number of hydrogen-bond acceptors (Lipinski definition) is 5. The molecule has 1 fully saturated rings. The summed E-state index contributed by atoms with van der Waals surface area (Å²) in [5.41, 5.74) is 6.53. The highest BCUT2D eigenvalue weighted by Gasteiger charge is 2.32. The molecule has 3 rings (SSSR count). The third kappa shape index (κ3) is 2.58. The van der Waals surface area contributed by atoms with Crippen LogP contribution in [-0.2, 0) is 6.54 Å². The van der Waals surface area contributed by atoms with E-state index >= 15 is 0 Å². The lowest BCUT2D eigenvalue weighted by Crippen LogP contribution is -2.29. The zero-order valence-corrected chi connectivity index (χ0v) is 11.1. The van der Waals surface area contributed by atoms with Crippen LogP contribution in [0.25, 0.3) is 0 Å². The van der Waals surface area contributed by atoms with Crippen LogP contribution < -0.4 is 10.6 Å². The lowest BCUT2D eigenvalue weighted by Gasteiger charge is -2.23. The molecule has 2 aromatic heterocycles. The summed E-state index contributed by atoms with van der Waals surface area (Å²) in [5.74, 6) is 1.64. The molecule has 0 radical (unpaired) electrons. The van der Waals surface area contributed by atoms with E-state index in [2.05, 4.69) is 15.1 Å². The van der Waals surface area contributed by atoms with E-state index in [0.717, 1.165) is 30.0 Å². The summed E-state index contributed by atoms with van der Waals surface area (Å²) in [6, 6.07) is 6.11. The molecule has 19 heavy (non-hydrogen) atoms. The molecule has 0 atom stereocenters. The van der Waals surface area contributed by atoms with Crippen LogP contribution in [0.4, 0.5) is 5.82 Å². The molecule has 2 heterocycles. The lowest BCUT2D eigenvalue weighted by atomic mass is 10.2. The Morgan fingerprint density at radius 1 is 1.47 bits per heavy atom. The first-order valence-electron chi connectivity index (χ1n) is 6.16. The smallest absolute Gasteiger partial charge is 0.162 e. The van der Waals surface area contributed by atoms with Crippen molar-refractivity contribution in [1.82, 2.24) is 10.2 Å². The Labute approximate surface area is 116 Å². The molecule has 2 N–H and O–H groups in total. The van der Waals surface area contributed by atoms with Crippen molar-refractivity contribution in [2.75, 3.05) is 4.90 Å². The highest BCUT2D eigenvalue weighted by atomic mass is 32.1. The topological polar surface area (TPSA) is 68.2 Å². The van der Waals surface area contributed by atoms with Crippen molar-refractivity contribution in [3.8, 4) is 0 Å². The second kappa shape index (κ2) is 4.97. The van der Waals surface area contributed by atoms with Gasteiger partial charge >= 0.3 is 0 Å². The molecule has 0 unspecified atom stereocenters. The number of furan rings is 1. The van der Waals surface area contributed by atoms with Gasteiger partial charge in [-0.3, -0.25) is 0 Å². The van der Waals surface area contributed by atoms with E-state index in [1.807, 2.05) is 18.2 Å². The highest BCUT2D eigenvalue weighted by molar-refractivity contribution is 7.80. The predicted molar refractivity (Wildman–Crippen MR) is 75.8 cm³/mol. The van der Waals surface area contributed by atoms with Gasteiger partial charge in [0, 0.05) is 6.04 Å². The predicted octanol–water partition coefficient (Wildman–Crippen LogP) is 1.87. The zero-order chi connectivity index (χ0) is 13.2. The molecule has 0 spiro atoms. The maximum Gasteiger partial charge on any atom is 0.162 e. The van der Waals surface area contributed by atoms with Gasteiger partial charge < -0.3 is 15.1 Å². The maximum absolute atomic E-state index is 5.76. The van der Waals surface area contributed by atoms with Crippen molar-refractivity contribution in [3.63, 3.8) is 0 Å². The number of rotatable bonds is 5. The van der Waals surface area contributed by atoms with Crippen LogP contribution >= 0.6 is 12.2 Å². The van der Waals surface area contributed by atoms with Gasteiger partial charge in [0.15, 0.2) is 5.82 Å². The minimum absolute atomic E-state index is 0.343. The Hall–Kier alpha value is -1.95. The van der Waals surface area contributed by atoms with Crippen LogP contribution in [0.2, 0.25) is 0 Å². The summed E-state index contributed by atoms with van der Waals surface area (Å²) in [6.07, 6.45) is 5.57. The molecule has 5 nitrogen and oxygen atoms in total. The summed E-state index contributed by atoms with van der Waals surface area (Å²) >= 11 is 5.08. The SMILES string of the molecule is NC(=S)c1ccnnc1N(Cc1ccco1)C1CC1. The second-order valence-electron chi connectivity index (χ2n) is 4.57. The Bertz CT molecular complexity index is 580. The normalized spacial score (nSPS) is 14.3. The Morgan fingerprint density at radius 3 is 2.95 bits per heavy atom. The number of thiocarbonyl (C=S) groups is 1. The van der Waals surface area contributed by atoms with Crippen molar-refractivity contribution >= 4 is 23.0 Å². The molecule has 1 aliphatic rings. The molecule has 0 aromatic carbocycles. The van der Waals surface area contributed by atoms with Gasteiger partial charge in [0.05, 0.1) is 24.6 Å². The van der Waals surface area contributed by atoms with Crippen molar-refractivity contribution in [2.45, 2.75) is 25.4 Å². The molecule has 0 aliphatic heterocycles. The average Bonchev–Trinajstić information content (AvgIpc) is 3.13. The van der Waals surface area contributed by atoms with Crippen LogP contribution in [0.1, 0.15) is 24.2 Å². The summed E-state index contributed by atoms with van der Waals surface area (Å²) in [5, 5.41) is 8.16. The number of nitrogens with zero attached hydrogens (tertiary/aromatic N) is 3. The van der Waals surface area contributed by atoms with Crippen LogP contribution in [0, 0.1) is 0 Å². The number of hydrogen-bond donors (Lipinski definition) is 1. The van der Waals surface area contributed by atoms with Crippen molar-refractivity contribution in [2.24, 2.45) is 5.73 Å². The van der Waals surface area contributed by atoms with E-state index in [4.69, 9.17) is 22.4 Å². The number of nitrogens with two attached hydrogens (primary N) is 1. The van der Waals surface area contributed by atoms with E-state index in [-0.39, 0.29) is 0 Å². The van der Waals surface area contributed by atoms with Crippen LogP contribution in [0.3, 0.4) is 0 Å². The molecule has 0 bridgehead atoms. The monoisotopic (exact) mass is 274 g/mol. The third-order valence-corrected chi connectivity index (χ3v) is 3.35. The minimum atomic E-state index is 0.343. The Kier molecular flexibility index (Phi) is 3.16. The standard InChI is InChI=1S/C13H14N4OS/c14-12(19)11-5-6-15-16-13(11)17(9-3-4-9)8-10-2-1-7-18-10/h1-2,5-7,9H,3-4,8H2,(H2,14,19). The van der Waals surface area contributed by atoms with Gasteiger partial charge in [-0.05, 0) is 31.0 Å². The van der Waals surface area contributed by atoms with Crippen LogP contribution in [-0.4, -0.2) is 21.2 Å². The van der Waals surface area contributed by atoms with Crippen LogP contribution in [0.15, 0.2) is 35.1 Å². The quantitative estimate of drug-likeness (QED) is 0.840.